The van der Waals surface area contributed by atoms with Crippen LogP contribution < -0.4 is 15.4 Å². The highest BCUT2D eigenvalue weighted by Crippen LogP contribution is 2.39. The second-order valence-electron chi connectivity index (χ2n) is 8.00. The second-order valence-corrected chi connectivity index (χ2v) is 9.39. The van der Waals surface area contributed by atoms with E-state index in [2.05, 4.69) is 31.4 Å². The van der Waals surface area contributed by atoms with Gasteiger partial charge in [0.2, 0.25) is 0 Å². The SMILES string of the molecule is CCOC(=O)c1c(NC(=S)NC(=O)c2ccc(C(C)(C)C)cc2)sc(OC(=O)CC)c1C. The maximum absolute atomic E-state index is 12.6. The molecule has 0 aliphatic carbocycles. The first kappa shape index (κ1) is 25.5. The van der Waals surface area contributed by atoms with Gasteiger partial charge in [-0.15, -0.1) is 0 Å². The molecule has 0 saturated carbocycles. The topological polar surface area (TPSA) is 93.7 Å². The molecule has 0 unspecified atom stereocenters. The summed E-state index contributed by atoms with van der Waals surface area (Å²) < 4.78 is 10.4. The van der Waals surface area contributed by atoms with Crippen molar-refractivity contribution in [2.45, 2.75) is 53.4 Å². The van der Waals surface area contributed by atoms with Crippen molar-refractivity contribution in [2.24, 2.45) is 0 Å². The molecule has 7 nitrogen and oxygen atoms in total. The molecule has 9 heteroatoms. The highest BCUT2D eigenvalue weighted by molar-refractivity contribution is 7.80. The number of ether oxygens (including phenoxy) is 2. The molecule has 1 amide bonds. The zero-order valence-electron chi connectivity index (χ0n) is 19.1. The summed E-state index contributed by atoms with van der Waals surface area (Å²) in [6.07, 6.45) is 0.192. The molecule has 0 bridgehead atoms. The lowest BCUT2D eigenvalue weighted by molar-refractivity contribution is -0.133. The van der Waals surface area contributed by atoms with Gasteiger partial charge in [-0.2, -0.15) is 0 Å². The first-order valence-electron chi connectivity index (χ1n) is 10.2. The van der Waals surface area contributed by atoms with Gasteiger partial charge in [0.15, 0.2) is 10.2 Å². The molecule has 172 valence electrons. The number of nitrogens with one attached hydrogen (secondary N) is 2. The molecule has 1 heterocycles. The summed E-state index contributed by atoms with van der Waals surface area (Å²) >= 11 is 6.32. The molecule has 2 aromatic rings. The van der Waals surface area contributed by atoms with E-state index in [1.807, 2.05) is 12.1 Å². The van der Waals surface area contributed by atoms with Crippen molar-refractivity contribution < 1.29 is 23.9 Å². The molecule has 0 aliphatic rings. The number of thiophene rings is 1. The Hall–Kier alpha value is -2.78. The van der Waals surface area contributed by atoms with Gasteiger partial charge < -0.3 is 14.8 Å². The van der Waals surface area contributed by atoms with Crippen LogP contribution in [0.3, 0.4) is 0 Å². The Morgan fingerprint density at radius 3 is 2.25 bits per heavy atom. The first-order valence-corrected chi connectivity index (χ1v) is 11.4. The van der Waals surface area contributed by atoms with Crippen molar-refractivity contribution >= 4 is 51.5 Å². The van der Waals surface area contributed by atoms with Crippen molar-refractivity contribution in [1.29, 1.82) is 0 Å². The summed E-state index contributed by atoms with van der Waals surface area (Å²) in [6.45, 7) is 11.5. The van der Waals surface area contributed by atoms with Crippen LogP contribution in [0, 0.1) is 6.92 Å². The van der Waals surface area contributed by atoms with Gasteiger partial charge in [0.25, 0.3) is 5.91 Å². The van der Waals surface area contributed by atoms with Gasteiger partial charge in [-0.25, -0.2) is 4.79 Å². The fraction of sp³-hybridized carbons (Fsp3) is 0.391. The summed E-state index contributed by atoms with van der Waals surface area (Å²) in [5.41, 5.74) is 2.21. The molecular weight excluding hydrogens is 448 g/mol. The van der Waals surface area contributed by atoms with Crippen molar-refractivity contribution in [1.82, 2.24) is 5.32 Å². The van der Waals surface area contributed by atoms with Gasteiger partial charge in [-0.1, -0.05) is 51.2 Å². The van der Waals surface area contributed by atoms with Gasteiger partial charge in [0, 0.05) is 17.5 Å². The van der Waals surface area contributed by atoms with Crippen molar-refractivity contribution in [2.75, 3.05) is 11.9 Å². The fourth-order valence-electron chi connectivity index (χ4n) is 2.73. The van der Waals surface area contributed by atoms with E-state index in [4.69, 9.17) is 21.7 Å². The van der Waals surface area contributed by atoms with Gasteiger partial charge in [-0.3, -0.25) is 14.9 Å². The van der Waals surface area contributed by atoms with E-state index in [1.165, 1.54) is 0 Å². The van der Waals surface area contributed by atoms with E-state index in [0.717, 1.165) is 16.9 Å². The maximum Gasteiger partial charge on any atom is 0.341 e. The predicted octanol–water partition coefficient (Wildman–Crippen LogP) is 4.97. The van der Waals surface area contributed by atoms with Crippen LogP contribution in [0.25, 0.3) is 0 Å². The number of hydrogen-bond donors (Lipinski definition) is 2. The lowest BCUT2D eigenvalue weighted by Gasteiger charge is -2.19. The fourth-order valence-corrected chi connectivity index (χ4v) is 4.06. The number of benzene rings is 1. The van der Waals surface area contributed by atoms with Crippen molar-refractivity contribution in [3.8, 4) is 5.06 Å². The van der Waals surface area contributed by atoms with E-state index < -0.39 is 11.9 Å². The third-order valence-corrected chi connectivity index (χ3v) is 5.83. The highest BCUT2D eigenvalue weighted by Gasteiger charge is 2.25. The number of thiocarbonyl (C=S) groups is 1. The standard InChI is InChI=1S/C23H28N2O5S2/c1-7-16(26)30-21-13(3)17(20(28)29-8-2)19(32-21)25-22(31)24-18(27)14-9-11-15(12-10-14)23(4,5)6/h9-12H,7-8H2,1-6H3,(H2,24,25,27,31). The average Bonchev–Trinajstić information content (AvgIpc) is 3.01. The van der Waals surface area contributed by atoms with Crippen LogP contribution in [0.4, 0.5) is 5.00 Å². The molecule has 0 saturated heterocycles. The van der Waals surface area contributed by atoms with Crippen LogP contribution in [0.15, 0.2) is 24.3 Å². The summed E-state index contributed by atoms with van der Waals surface area (Å²) in [4.78, 5) is 36.8. The molecule has 0 spiro atoms. The molecule has 32 heavy (non-hydrogen) atoms. The Morgan fingerprint density at radius 1 is 1.09 bits per heavy atom. The molecule has 1 aromatic heterocycles. The molecular formula is C23H28N2O5S2. The van der Waals surface area contributed by atoms with Crippen LogP contribution in [0.5, 0.6) is 5.06 Å². The molecule has 0 fully saturated rings. The third-order valence-electron chi connectivity index (χ3n) is 4.55. The first-order chi connectivity index (χ1) is 15.0. The maximum atomic E-state index is 12.6. The monoisotopic (exact) mass is 476 g/mol. The van der Waals surface area contributed by atoms with Crippen LogP contribution >= 0.6 is 23.6 Å². The summed E-state index contributed by atoms with van der Waals surface area (Å²) in [6, 6.07) is 7.28. The number of rotatable bonds is 6. The van der Waals surface area contributed by atoms with Crippen LogP contribution in [-0.2, 0) is 14.9 Å². The van der Waals surface area contributed by atoms with Crippen LogP contribution in [-0.4, -0.2) is 29.6 Å². The molecule has 2 rings (SSSR count). The Morgan fingerprint density at radius 2 is 1.72 bits per heavy atom. The van der Waals surface area contributed by atoms with Crippen molar-refractivity contribution in [3.63, 3.8) is 0 Å². The third kappa shape index (κ3) is 6.37. The van der Waals surface area contributed by atoms with Gasteiger partial charge in [0.1, 0.15) is 10.6 Å². The minimum absolute atomic E-state index is 0.00932. The molecule has 1 aromatic carbocycles. The summed E-state index contributed by atoms with van der Waals surface area (Å²) in [7, 11) is 0. The Labute approximate surface area is 197 Å². The van der Waals surface area contributed by atoms with Crippen LogP contribution in [0.2, 0.25) is 0 Å². The minimum atomic E-state index is -0.575. The molecule has 0 radical (unpaired) electrons. The van der Waals surface area contributed by atoms with E-state index in [1.54, 1.807) is 32.9 Å². The lowest BCUT2D eigenvalue weighted by atomic mass is 9.87. The lowest BCUT2D eigenvalue weighted by Crippen LogP contribution is -2.34. The second kappa shape index (κ2) is 10.7. The molecule has 0 aliphatic heterocycles. The van der Waals surface area contributed by atoms with E-state index in [9.17, 15) is 14.4 Å². The largest absolute Gasteiger partial charge is 0.462 e. The normalized spacial score (nSPS) is 10.9. The Bertz CT molecular complexity index is 1020. The van der Waals surface area contributed by atoms with Crippen molar-refractivity contribution in [3.05, 3.63) is 46.5 Å². The zero-order valence-corrected chi connectivity index (χ0v) is 20.7. The van der Waals surface area contributed by atoms with Crippen LogP contribution in [0.1, 0.15) is 72.9 Å². The summed E-state index contributed by atoms with van der Waals surface area (Å²) in [5.74, 6) is -1.38. The van der Waals surface area contributed by atoms with E-state index in [-0.39, 0.29) is 40.1 Å². The number of hydrogen-bond acceptors (Lipinski definition) is 7. The Kier molecular flexibility index (Phi) is 8.51. The number of carbonyl (C=O) groups excluding carboxylic acids is 3. The molecule has 2 N–H and O–H groups in total. The average molecular weight is 477 g/mol. The number of esters is 2. The number of amides is 1. The van der Waals surface area contributed by atoms with E-state index >= 15 is 0 Å². The molecule has 0 atom stereocenters. The Balaban J connectivity index is 2.20. The highest BCUT2D eigenvalue weighted by atomic mass is 32.1. The number of carbonyl (C=O) groups is 3. The number of anilines is 1. The quantitative estimate of drug-likeness (QED) is 0.449. The predicted molar refractivity (Wildman–Crippen MR) is 130 cm³/mol. The van der Waals surface area contributed by atoms with Gasteiger partial charge in [-0.05, 0) is 49.2 Å². The zero-order chi connectivity index (χ0) is 24.1. The smallest absolute Gasteiger partial charge is 0.341 e. The minimum Gasteiger partial charge on any atom is -0.462 e. The van der Waals surface area contributed by atoms with Gasteiger partial charge >= 0.3 is 11.9 Å². The van der Waals surface area contributed by atoms with Gasteiger partial charge in [0.05, 0.1) is 6.61 Å². The van der Waals surface area contributed by atoms with E-state index in [0.29, 0.717) is 16.1 Å². The summed E-state index contributed by atoms with van der Waals surface area (Å²) in [5, 5.41) is 6.08.